The fourth-order valence-electron chi connectivity index (χ4n) is 6.01. The third-order valence-electron chi connectivity index (χ3n) is 7.68. The SMILES string of the molecule is C[C@@H]1CN(c2ccc(C#N)c3ncccc23)CC2=C3CC=C(C4CCNCC4)C=C3CN21. The maximum Gasteiger partial charge on any atom is 0.101 e. The molecule has 4 aliphatic rings. The van der Waals surface area contributed by atoms with Crippen molar-refractivity contribution in [2.24, 2.45) is 5.92 Å². The summed E-state index contributed by atoms with van der Waals surface area (Å²) in [5, 5.41) is 14.1. The van der Waals surface area contributed by atoms with Crippen LogP contribution >= 0.6 is 0 Å². The third-order valence-corrected chi connectivity index (χ3v) is 7.68. The Balaban J connectivity index is 1.34. The number of piperidine rings is 1. The highest BCUT2D eigenvalue weighted by Crippen LogP contribution is 2.41. The van der Waals surface area contributed by atoms with Crippen LogP contribution in [0.2, 0.25) is 0 Å². The number of aromatic nitrogens is 1. The van der Waals surface area contributed by atoms with Crippen LogP contribution in [-0.4, -0.2) is 48.6 Å². The van der Waals surface area contributed by atoms with Crippen molar-refractivity contribution < 1.29 is 0 Å². The molecule has 0 radical (unpaired) electrons. The number of fused-ring (bicyclic) bond motifs is 3. The summed E-state index contributed by atoms with van der Waals surface area (Å²) in [5.74, 6) is 0.722. The number of benzene rings is 1. The largest absolute Gasteiger partial charge is 0.364 e. The number of hydrogen-bond acceptors (Lipinski definition) is 5. The fraction of sp³-hybridized carbons (Fsp3) is 0.407. The van der Waals surface area contributed by atoms with Crippen molar-refractivity contribution in [2.75, 3.05) is 37.6 Å². The average Bonchev–Trinajstić information content (AvgIpc) is 3.22. The van der Waals surface area contributed by atoms with Gasteiger partial charge in [-0.3, -0.25) is 4.98 Å². The second kappa shape index (κ2) is 7.79. The van der Waals surface area contributed by atoms with Crippen LogP contribution in [0, 0.1) is 17.2 Å². The van der Waals surface area contributed by atoms with Crippen LogP contribution in [0.5, 0.6) is 0 Å². The summed E-state index contributed by atoms with van der Waals surface area (Å²) in [6.45, 7) is 7.58. The van der Waals surface area contributed by atoms with Crippen LogP contribution in [0.4, 0.5) is 5.69 Å². The van der Waals surface area contributed by atoms with E-state index in [1.165, 1.54) is 35.4 Å². The van der Waals surface area contributed by atoms with E-state index in [1.807, 2.05) is 12.1 Å². The molecule has 5 heteroatoms. The fourth-order valence-corrected chi connectivity index (χ4v) is 6.01. The van der Waals surface area contributed by atoms with Crippen molar-refractivity contribution in [2.45, 2.75) is 32.2 Å². The maximum atomic E-state index is 9.51. The quantitative estimate of drug-likeness (QED) is 0.787. The van der Waals surface area contributed by atoms with Gasteiger partial charge in [0.2, 0.25) is 0 Å². The van der Waals surface area contributed by atoms with Crippen molar-refractivity contribution in [3.63, 3.8) is 0 Å². The number of pyridine rings is 1. The minimum absolute atomic E-state index is 0.447. The first-order valence-electron chi connectivity index (χ1n) is 11.9. The smallest absolute Gasteiger partial charge is 0.101 e. The van der Waals surface area contributed by atoms with E-state index < -0.39 is 0 Å². The summed E-state index contributed by atoms with van der Waals surface area (Å²) in [6.07, 6.45) is 10.4. The predicted octanol–water partition coefficient (Wildman–Crippen LogP) is 4.14. The van der Waals surface area contributed by atoms with Crippen LogP contribution in [-0.2, 0) is 0 Å². The van der Waals surface area contributed by atoms with E-state index in [2.05, 4.69) is 57.4 Å². The van der Waals surface area contributed by atoms with Gasteiger partial charge in [0.25, 0.3) is 0 Å². The lowest BCUT2D eigenvalue weighted by atomic mass is 9.83. The standard InChI is InChI=1S/C27H29N5/c1-18-15-31(25-7-5-21(14-28)27-24(25)3-2-10-30-27)17-26-23-6-4-20(13-22(23)16-32(18)26)19-8-11-29-12-9-19/h2-5,7,10,13,18-19,29H,6,8-9,11-12,15-17H2,1H3/t18-/m1/s1. The number of nitriles is 1. The Bertz CT molecular complexity index is 1210. The highest BCUT2D eigenvalue weighted by molar-refractivity contribution is 5.95. The maximum absolute atomic E-state index is 9.51. The Labute approximate surface area is 189 Å². The van der Waals surface area contributed by atoms with Crippen molar-refractivity contribution in [3.8, 4) is 6.07 Å². The van der Waals surface area contributed by atoms with Crippen LogP contribution < -0.4 is 10.2 Å². The molecule has 1 N–H and O–H groups in total. The molecule has 1 aromatic heterocycles. The summed E-state index contributed by atoms with van der Waals surface area (Å²) in [6, 6.07) is 10.8. The molecule has 6 rings (SSSR count). The minimum atomic E-state index is 0.447. The van der Waals surface area contributed by atoms with Crippen molar-refractivity contribution in [1.29, 1.82) is 5.26 Å². The lowest BCUT2D eigenvalue weighted by molar-refractivity contribution is 0.274. The molecule has 2 aromatic rings. The molecule has 1 atom stereocenters. The Hall–Kier alpha value is -3.10. The molecule has 1 aromatic carbocycles. The van der Waals surface area contributed by atoms with Gasteiger partial charge >= 0.3 is 0 Å². The number of hydrogen-bond donors (Lipinski definition) is 1. The zero-order valence-corrected chi connectivity index (χ0v) is 18.6. The topological polar surface area (TPSA) is 55.2 Å². The number of anilines is 1. The summed E-state index contributed by atoms with van der Waals surface area (Å²) in [5.41, 5.74) is 8.76. The number of nitrogens with zero attached hydrogens (tertiary/aromatic N) is 4. The van der Waals surface area contributed by atoms with Crippen LogP contribution in [0.3, 0.4) is 0 Å². The molecule has 1 aliphatic carbocycles. The van der Waals surface area contributed by atoms with E-state index >= 15 is 0 Å². The van der Waals surface area contributed by atoms with Gasteiger partial charge in [0.05, 0.1) is 17.6 Å². The number of allylic oxidation sites excluding steroid dienone is 3. The van der Waals surface area contributed by atoms with Gasteiger partial charge in [0.1, 0.15) is 6.07 Å². The molecular formula is C27H29N5. The van der Waals surface area contributed by atoms with E-state index in [0.717, 1.165) is 56.0 Å². The molecule has 5 nitrogen and oxygen atoms in total. The molecule has 0 saturated carbocycles. The minimum Gasteiger partial charge on any atom is -0.364 e. The van der Waals surface area contributed by atoms with E-state index in [4.69, 9.17) is 0 Å². The van der Waals surface area contributed by atoms with Gasteiger partial charge in [-0.15, -0.1) is 0 Å². The van der Waals surface area contributed by atoms with Crippen molar-refractivity contribution >= 4 is 16.6 Å². The number of piperazine rings is 1. The molecule has 0 amide bonds. The molecule has 162 valence electrons. The van der Waals surface area contributed by atoms with Gasteiger partial charge in [-0.05, 0) is 86.2 Å². The Morgan fingerprint density at radius 3 is 2.88 bits per heavy atom. The van der Waals surface area contributed by atoms with Crippen LogP contribution in [0.15, 0.2) is 65.0 Å². The van der Waals surface area contributed by atoms with Gasteiger partial charge in [0.15, 0.2) is 0 Å². The lowest BCUT2D eigenvalue weighted by Gasteiger charge is -2.42. The Morgan fingerprint density at radius 1 is 1.16 bits per heavy atom. The normalized spacial score (nSPS) is 23.6. The molecule has 3 aliphatic heterocycles. The zero-order chi connectivity index (χ0) is 21.7. The summed E-state index contributed by atoms with van der Waals surface area (Å²) < 4.78 is 0. The molecule has 2 saturated heterocycles. The molecule has 0 unspecified atom stereocenters. The number of rotatable bonds is 2. The average molecular weight is 424 g/mol. The molecule has 0 bridgehead atoms. The molecule has 2 fully saturated rings. The molecule has 32 heavy (non-hydrogen) atoms. The Morgan fingerprint density at radius 2 is 2.03 bits per heavy atom. The van der Waals surface area contributed by atoms with Gasteiger partial charge in [-0.25, -0.2) is 0 Å². The monoisotopic (exact) mass is 423 g/mol. The van der Waals surface area contributed by atoms with E-state index in [1.54, 1.807) is 11.8 Å². The van der Waals surface area contributed by atoms with E-state index in [0.29, 0.717) is 11.6 Å². The first-order chi connectivity index (χ1) is 15.7. The lowest BCUT2D eigenvalue weighted by Crippen LogP contribution is -2.49. The second-order valence-corrected chi connectivity index (χ2v) is 9.53. The van der Waals surface area contributed by atoms with Gasteiger partial charge < -0.3 is 15.1 Å². The molecule has 4 heterocycles. The van der Waals surface area contributed by atoms with E-state index in [9.17, 15) is 5.26 Å². The summed E-state index contributed by atoms with van der Waals surface area (Å²) in [4.78, 5) is 9.63. The first-order valence-corrected chi connectivity index (χ1v) is 11.9. The number of nitrogens with one attached hydrogen (secondary N) is 1. The summed E-state index contributed by atoms with van der Waals surface area (Å²) in [7, 11) is 0. The molecule has 0 spiro atoms. The molecular weight excluding hydrogens is 394 g/mol. The van der Waals surface area contributed by atoms with Crippen molar-refractivity contribution in [1.82, 2.24) is 15.2 Å². The van der Waals surface area contributed by atoms with Gasteiger partial charge in [0, 0.05) is 42.1 Å². The zero-order valence-electron chi connectivity index (χ0n) is 18.6. The predicted molar refractivity (Wildman–Crippen MR) is 128 cm³/mol. The van der Waals surface area contributed by atoms with Gasteiger partial charge in [-0.2, -0.15) is 5.26 Å². The highest BCUT2D eigenvalue weighted by atomic mass is 15.3. The second-order valence-electron chi connectivity index (χ2n) is 9.53. The Kier molecular flexibility index (Phi) is 4.77. The summed E-state index contributed by atoms with van der Waals surface area (Å²) >= 11 is 0. The van der Waals surface area contributed by atoms with Crippen LogP contribution in [0.1, 0.15) is 31.7 Å². The van der Waals surface area contributed by atoms with E-state index in [-0.39, 0.29) is 0 Å². The van der Waals surface area contributed by atoms with Crippen molar-refractivity contribution in [3.05, 3.63) is 70.6 Å². The highest BCUT2D eigenvalue weighted by Gasteiger charge is 2.37. The first kappa shape index (κ1) is 19.6. The van der Waals surface area contributed by atoms with Gasteiger partial charge in [-0.1, -0.05) is 12.2 Å². The third kappa shape index (κ3) is 3.13. The van der Waals surface area contributed by atoms with Crippen LogP contribution in [0.25, 0.3) is 10.9 Å².